The van der Waals surface area contributed by atoms with Crippen molar-refractivity contribution in [1.82, 2.24) is 20.0 Å². The number of benzene rings is 3. The molecule has 0 unspecified atom stereocenters. The van der Waals surface area contributed by atoms with Crippen molar-refractivity contribution in [2.45, 2.75) is 12.6 Å². The molecular weight excluding hydrogens is 416 g/mol. The summed E-state index contributed by atoms with van der Waals surface area (Å²) in [5, 5.41) is 8.23. The minimum absolute atomic E-state index is 0.290. The molecule has 1 aliphatic rings. The molecule has 1 N–H and O–H groups in total. The molecule has 0 aliphatic carbocycles. The molecule has 0 saturated carbocycles. The number of nitrogens with zero attached hydrogens (tertiary/aromatic N) is 3. The summed E-state index contributed by atoms with van der Waals surface area (Å²) >= 11 is 6.06. The maximum atomic E-state index is 6.06. The fourth-order valence-electron chi connectivity index (χ4n) is 4.60. The highest BCUT2D eigenvalue weighted by molar-refractivity contribution is 6.30. The number of rotatable bonds is 6. The molecule has 0 amide bonds. The number of hydrogen-bond acceptors (Lipinski definition) is 3. The smallest absolute Gasteiger partial charge is 0.0695 e. The van der Waals surface area contributed by atoms with Crippen molar-refractivity contribution >= 4 is 11.6 Å². The number of hydrogen-bond donors (Lipinski definition) is 1. The number of piperazine rings is 1. The molecule has 4 aromatic rings. The molecule has 4 nitrogen and oxygen atoms in total. The lowest BCUT2D eigenvalue weighted by Crippen LogP contribution is -2.47. The van der Waals surface area contributed by atoms with Gasteiger partial charge in [-0.3, -0.25) is 14.9 Å². The first-order valence-corrected chi connectivity index (χ1v) is 11.5. The Hall–Kier alpha value is -2.92. The second-order valence-electron chi connectivity index (χ2n) is 8.31. The first kappa shape index (κ1) is 21.0. The van der Waals surface area contributed by atoms with Crippen LogP contribution >= 0.6 is 11.6 Å². The molecule has 0 bridgehead atoms. The van der Waals surface area contributed by atoms with E-state index in [0.717, 1.165) is 49.0 Å². The largest absolute Gasteiger partial charge is 0.296 e. The number of H-pyrrole nitrogens is 1. The maximum Gasteiger partial charge on any atom is 0.0695 e. The van der Waals surface area contributed by atoms with Crippen molar-refractivity contribution in [3.8, 4) is 11.3 Å². The van der Waals surface area contributed by atoms with Crippen molar-refractivity contribution < 1.29 is 0 Å². The molecule has 162 valence electrons. The van der Waals surface area contributed by atoms with Gasteiger partial charge in [-0.05, 0) is 28.8 Å². The lowest BCUT2D eigenvalue weighted by atomic mass is 9.96. The van der Waals surface area contributed by atoms with Gasteiger partial charge in [0.2, 0.25) is 0 Å². The fourth-order valence-corrected chi connectivity index (χ4v) is 4.73. The Bertz CT molecular complexity index is 1080. The Morgan fingerprint density at radius 3 is 1.97 bits per heavy atom. The van der Waals surface area contributed by atoms with E-state index in [-0.39, 0.29) is 6.04 Å². The Labute approximate surface area is 194 Å². The lowest BCUT2D eigenvalue weighted by Gasteiger charge is -2.39. The van der Waals surface area contributed by atoms with Crippen LogP contribution in [-0.2, 0) is 6.54 Å². The van der Waals surface area contributed by atoms with Gasteiger partial charge in [0.25, 0.3) is 0 Å². The SMILES string of the molecule is Clc1ccc(-c2[nH]ncc2CN2CCN(C(c3ccccc3)c3ccccc3)CC2)cc1. The molecule has 3 aromatic carbocycles. The third-order valence-corrected chi connectivity index (χ3v) is 6.50. The minimum Gasteiger partial charge on any atom is -0.296 e. The zero-order valence-electron chi connectivity index (χ0n) is 18.0. The average Bonchev–Trinajstić information content (AvgIpc) is 3.30. The summed E-state index contributed by atoms with van der Waals surface area (Å²) < 4.78 is 0. The van der Waals surface area contributed by atoms with E-state index in [4.69, 9.17) is 11.6 Å². The quantitative estimate of drug-likeness (QED) is 0.420. The van der Waals surface area contributed by atoms with Gasteiger partial charge in [-0.25, -0.2) is 0 Å². The van der Waals surface area contributed by atoms with Gasteiger partial charge in [-0.2, -0.15) is 5.10 Å². The van der Waals surface area contributed by atoms with Crippen molar-refractivity contribution in [2.75, 3.05) is 26.2 Å². The Morgan fingerprint density at radius 2 is 1.38 bits per heavy atom. The van der Waals surface area contributed by atoms with Gasteiger partial charge in [0.1, 0.15) is 0 Å². The van der Waals surface area contributed by atoms with Gasteiger partial charge in [0, 0.05) is 43.3 Å². The van der Waals surface area contributed by atoms with E-state index in [0.29, 0.717) is 0 Å². The fraction of sp³-hybridized carbons (Fsp3) is 0.222. The van der Waals surface area contributed by atoms with Crippen LogP contribution in [0, 0.1) is 0 Å². The first-order chi connectivity index (χ1) is 15.8. The van der Waals surface area contributed by atoms with Gasteiger partial charge in [0.15, 0.2) is 0 Å². The molecule has 2 heterocycles. The van der Waals surface area contributed by atoms with Crippen LogP contribution in [-0.4, -0.2) is 46.2 Å². The summed E-state index contributed by atoms with van der Waals surface area (Å²) in [6.07, 6.45) is 1.95. The van der Waals surface area contributed by atoms with Crippen LogP contribution in [0.2, 0.25) is 5.02 Å². The van der Waals surface area contributed by atoms with E-state index >= 15 is 0 Å². The first-order valence-electron chi connectivity index (χ1n) is 11.1. The van der Waals surface area contributed by atoms with Crippen LogP contribution < -0.4 is 0 Å². The number of aromatic amines is 1. The van der Waals surface area contributed by atoms with Gasteiger partial charge in [-0.15, -0.1) is 0 Å². The Balaban J connectivity index is 1.29. The topological polar surface area (TPSA) is 35.2 Å². The summed E-state index contributed by atoms with van der Waals surface area (Å²) in [6.45, 7) is 5.01. The van der Waals surface area contributed by atoms with E-state index in [9.17, 15) is 0 Å². The van der Waals surface area contributed by atoms with Gasteiger partial charge in [-0.1, -0.05) is 84.4 Å². The van der Waals surface area contributed by atoms with Crippen molar-refractivity contribution in [3.05, 3.63) is 113 Å². The van der Waals surface area contributed by atoms with Gasteiger partial charge >= 0.3 is 0 Å². The molecule has 32 heavy (non-hydrogen) atoms. The highest BCUT2D eigenvalue weighted by Gasteiger charge is 2.26. The lowest BCUT2D eigenvalue weighted by molar-refractivity contribution is 0.105. The summed E-state index contributed by atoms with van der Waals surface area (Å²) in [5.74, 6) is 0. The molecule has 0 radical (unpaired) electrons. The van der Waals surface area contributed by atoms with Crippen LogP contribution in [0.1, 0.15) is 22.7 Å². The number of nitrogens with one attached hydrogen (secondary N) is 1. The maximum absolute atomic E-state index is 6.06. The zero-order chi connectivity index (χ0) is 21.8. The van der Waals surface area contributed by atoms with Crippen molar-refractivity contribution in [3.63, 3.8) is 0 Å². The predicted molar refractivity (Wildman–Crippen MR) is 131 cm³/mol. The second kappa shape index (κ2) is 9.70. The molecule has 1 fully saturated rings. The predicted octanol–water partition coefficient (Wildman–Crippen LogP) is 5.64. The van der Waals surface area contributed by atoms with Crippen LogP contribution in [0.4, 0.5) is 0 Å². The third-order valence-electron chi connectivity index (χ3n) is 6.25. The molecular formula is C27H27ClN4. The summed E-state index contributed by atoms with van der Waals surface area (Å²) in [4.78, 5) is 5.13. The van der Waals surface area contributed by atoms with E-state index in [2.05, 4.69) is 80.7 Å². The summed E-state index contributed by atoms with van der Waals surface area (Å²) in [7, 11) is 0. The van der Waals surface area contributed by atoms with Gasteiger partial charge in [0.05, 0.1) is 17.9 Å². The summed E-state index contributed by atoms with van der Waals surface area (Å²) in [5.41, 5.74) is 6.13. The van der Waals surface area contributed by atoms with Crippen molar-refractivity contribution in [2.24, 2.45) is 0 Å². The Kier molecular flexibility index (Phi) is 6.35. The third kappa shape index (κ3) is 4.63. The summed E-state index contributed by atoms with van der Waals surface area (Å²) in [6, 6.07) is 29.9. The zero-order valence-corrected chi connectivity index (χ0v) is 18.7. The number of aromatic nitrogens is 2. The van der Waals surface area contributed by atoms with Crippen LogP contribution in [0.15, 0.2) is 91.1 Å². The average molecular weight is 443 g/mol. The molecule has 5 rings (SSSR count). The molecule has 5 heteroatoms. The van der Waals surface area contributed by atoms with Crippen LogP contribution in [0.5, 0.6) is 0 Å². The highest BCUT2D eigenvalue weighted by Crippen LogP contribution is 2.30. The standard InChI is InChI=1S/C27H27ClN4/c28-25-13-11-21(12-14-25)26-24(19-29-30-26)20-31-15-17-32(18-16-31)27(22-7-3-1-4-8-22)23-9-5-2-6-10-23/h1-14,19,27H,15-18,20H2,(H,29,30). The van der Waals surface area contributed by atoms with Crippen molar-refractivity contribution in [1.29, 1.82) is 0 Å². The van der Waals surface area contributed by atoms with Gasteiger partial charge < -0.3 is 0 Å². The molecule has 1 saturated heterocycles. The molecule has 1 aromatic heterocycles. The Morgan fingerprint density at radius 1 is 0.781 bits per heavy atom. The van der Waals surface area contributed by atoms with E-state index in [1.165, 1.54) is 16.7 Å². The number of halogens is 1. The van der Waals surface area contributed by atoms with E-state index < -0.39 is 0 Å². The molecule has 0 atom stereocenters. The van der Waals surface area contributed by atoms with Crippen LogP contribution in [0.3, 0.4) is 0 Å². The molecule has 1 aliphatic heterocycles. The van der Waals surface area contributed by atoms with E-state index in [1.807, 2.05) is 30.5 Å². The monoisotopic (exact) mass is 442 g/mol. The van der Waals surface area contributed by atoms with E-state index in [1.54, 1.807) is 0 Å². The highest BCUT2D eigenvalue weighted by atomic mass is 35.5. The normalized spacial score (nSPS) is 15.3. The minimum atomic E-state index is 0.290. The van der Waals surface area contributed by atoms with Crippen LogP contribution in [0.25, 0.3) is 11.3 Å². The second-order valence-corrected chi connectivity index (χ2v) is 8.75. The molecule has 0 spiro atoms.